The number of hydrogen-bond acceptors (Lipinski definition) is 5. The number of benzene rings is 2. The van der Waals surface area contributed by atoms with Crippen LogP contribution in [0.1, 0.15) is 35.1 Å². The van der Waals surface area contributed by atoms with Gasteiger partial charge in [-0.2, -0.15) is 5.26 Å². The Morgan fingerprint density at radius 2 is 1.56 bits per heavy atom. The van der Waals surface area contributed by atoms with Crippen LogP contribution in [0.25, 0.3) is 5.57 Å². The van der Waals surface area contributed by atoms with Crippen molar-refractivity contribution in [3.8, 4) is 29.1 Å². The summed E-state index contributed by atoms with van der Waals surface area (Å²) in [4.78, 5) is 0. The van der Waals surface area contributed by atoms with Crippen LogP contribution in [0.2, 0.25) is 0 Å². The Morgan fingerprint density at radius 3 is 2.11 bits per heavy atom. The van der Waals surface area contributed by atoms with Crippen LogP contribution in [0.5, 0.6) is 23.0 Å². The number of allylic oxidation sites excluding steroid dienone is 1. The molecule has 0 saturated heterocycles. The lowest BCUT2D eigenvalue weighted by atomic mass is 9.90. The number of rotatable bonds is 5. The molecule has 0 bridgehead atoms. The molecule has 5 heteroatoms. The number of hydrogen-bond donors (Lipinski definition) is 0. The Bertz CT molecular complexity index is 900. The van der Waals surface area contributed by atoms with Crippen LogP contribution in [-0.2, 0) is 6.42 Å². The third-order valence-electron chi connectivity index (χ3n) is 4.85. The molecule has 5 nitrogen and oxygen atoms in total. The van der Waals surface area contributed by atoms with Crippen molar-refractivity contribution in [1.82, 2.24) is 0 Å². The number of fused-ring (bicyclic) bond motifs is 1. The van der Waals surface area contributed by atoms with Gasteiger partial charge in [0.1, 0.15) is 11.8 Å². The second kappa shape index (κ2) is 8.05. The molecule has 0 spiro atoms. The number of ether oxygens (including phenoxy) is 4. The Kier molecular flexibility index (Phi) is 5.56. The van der Waals surface area contributed by atoms with E-state index in [1.165, 1.54) is 0 Å². The lowest BCUT2D eigenvalue weighted by molar-refractivity contribution is 0.324. The van der Waals surface area contributed by atoms with Gasteiger partial charge < -0.3 is 18.9 Å². The van der Waals surface area contributed by atoms with Gasteiger partial charge in [0, 0.05) is 0 Å². The summed E-state index contributed by atoms with van der Waals surface area (Å²) >= 11 is 0. The van der Waals surface area contributed by atoms with Crippen molar-refractivity contribution >= 4 is 5.57 Å². The molecule has 0 fully saturated rings. The van der Waals surface area contributed by atoms with Gasteiger partial charge in [-0.3, -0.25) is 0 Å². The molecule has 27 heavy (non-hydrogen) atoms. The van der Waals surface area contributed by atoms with Crippen LogP contribution < -0.4 is 18.9 Å². The van der Waals surface area contributed by atoms with Gasteiger partial charge >= 0.3 is 0 Å². The van der Waals surface area contributed by atoms with Crippen molar-refractivity contribution < 1.29 is 18.9 Å². The van der Waals surface area contributed by atoms with Crippen molar-refractivity contribution in [3.05, 3.63) is 52.6 Å². The molecule has 0 radical (unpaired) electrons. The van der Waals surface area contributed by atoms with Crippen molar-refractivity contribution in [1.29, 1.82) is 5.26 Å². The summed E-state index contributed by atoms with van der Waals surface area (Å²) in [5, 5.41) is 9.68. The van der Waals surface area contributed by atoms with Gasteiger partial charge in [-0.15, -0.1) is 0 Å². The van der Waals surface area contributed by atoms with E-state index < -0.39 is 0 Å². The second-order valence-electron chi connectivity index (χ2n) is 6.20. The monoisotopic (exact) mass is 365 g/mol. The fourth-order valence-corrected chi connectivity index (χ4v) is 3.58. The number of nitriles is 1. The zero-order valence-corrected chi connectivity index (χ0v) is 16.1. The van der Waals surface area contributed by atoms with Gasteiger partial charge in [0.2, 0.25) is 5.75 Å². The molecule has 0 amide bonds. The van der Waals surface area contributed by atoms with Gasteiger partial charge in [-0.25, -0.2) is 0 Å². The zero-order chi connectivity index (χ0) is 19.4. The first-order valence-electron chi connectivity index (χ1n) is 8.79. The summed E-state index contributed by atoms with van der Waals surface area (Å²) in [7, 11) is 6.39. The van der Waals surface area contributed by atoms with Gasteiger partial charge in [-0.05, 0) is 59.7 Å². The van der Waals surface area contributed by atoms with E-state index in [-0.39, 0.29) is 0 Å². The maximum Gasteiger partial charge on any atom is 0.203 e. The molecular weight excluding hydrogens is 342 g/mol. The SMILES string of the molecule is COc1ccc2c(c1C#N)CCCC=C2c1cc(OC)c(OC)c(OC)c1. The van der Waals surface area contributed by atoms with Crippen LogP contribution >= 0.6 is 0 Å². The minimum absolute atomic E-state index is 0.561. The number of nitrogens with zero attached hydrogens (tertiary/aromatic N) is 1. The average Bonchev–Trinajstić information content (AvgIpc) is 2.94. The fraction of sp³-hybridized carbons (Fsp3) is 0.318. The summed E-state index contributed by atoms with van der Waals surface area (Å²) in [5.41, 5.74) is 4.69. The van der Waals surface area contributed by atoms with Gasteiger partial charge in [0.25, 0.3) is 0 Å². The van der Waals surface area contributed by atoms with Crippen molar-refractivity contribution in [3.63, 3.8) is 0 Å². The lowest BCUT2D eigenvalue weighted by Gasteiger charge is -2.18. The largest absolute Gasteiger partial charge is 0.495 e. The third kappa shape index (κ3) is 3.31. The first kappa shape index (κ1) is 18.7. The van der Waals surface area contributed by atoms with E-state index in [4.69, 9.17) is 18.9 Å². The van der Waals surface area contributed by atoms with E-state index >= 15 is 0 Å². The molecule has 0 heterocycles. The first-order valence-corrected chi connectivity index (χ1v) is 8.79. The predicted molar refractivity (Wildman–Crippen MR) is 104 cm³/mol. The van der Waals surface area contributed by atoms with Crippen LogP contribution in [0, 0.1) is 11.3 Å². The summed E-state index contributed by atoms with van der Waals surface area (Å²) in [5.74, 6) is 2.38. The molecule has 0 N–H and O–H groups in total. The van der Waals surface area contributed by atoms with Crippen LogP contribution in [-0.4, -0.2) is 28.4 Å². The predicted octanol–water partition coefficient (Wildman–Crippen LogP) is 4.36. The average molecular weight is 365 g/mol. The molecule has 0 aliphatic heterocycles. The fourth-order valence-electron chi connectivity index (χ4n) is 3.58. The van der Waals surface area contributed by atoms with E-state index in [9.17, 15) is 5.26 Å². The maximum absolute atomic E-state index is 9.68. The van der Waals surface area contributed by atoms with Crippen LogP contribution in [0.3, 0.4) is 0 Å². The molecule has 1 aliphatic carbocycles. The normalized spacial score (nSPS) is 12.9. The minimum atomic E-state index is 0.561. The van der Waals surface area contributed by atoms with Crippen LogP contribution in [0.4, 0.5) is 0 Å². The smallest absolute Gasteiger partial charge is 0.203 e. The highest BCUT2D eigenvalue weighted by atomic mass is 16.5. The van der Waals surface area contributed by atoms with Crippen molar-refractivity contribution in [2.45, 2.75) is 19.3 Å². The summed E-state index contributed by atoms with van der Waals surface area (Å²) in [6, 6.07) is 10.1. The van der Waals surface area contributed by atoms with Gasteiger partial charge in [0.05, 0.1) is 34.0 Å². The second-order valence-corrected chi connectivity index (χ2v) is 6.20. The molecule has 0 atom stereocenters. The molecule has 3 rings (SSSR count). The Balaban J connectivity index is 2.23. The van der Waals surface area contributed by atoms with E-state index in [1.54, 1.807) is 28.4 Å². The molecule has 2 aromatic carbocycles. The Labute approximate surface area is 159 Å². The molecule has 140 valence electrons. The topological polar surface area (TPSA) is 60.7 Å². The minimum Gasteiger partial charge on any atom is -0.495 e. The molecule has 0 saturated carbocycles. The Hall–Kier alpha value is -3.13. The van der Waals surface area contributed by atoms with E-state index in [2.05, 4.69) is 12.1 Å². The van der Waals surface area contributed by atoms with Crippen LogP contribution in [0.15, 0.2) is 30.3 Å². The zero-order valence-electron chi connectivity index (χ0n) is 16.1. The maximum atomic E-state index is 9.68. The molecule has 2 aromatic rings. The highest BCUT2D eigenvalue weighted by molar-refractivity contribution is 5.85. The summed E-state index contributed by atoms with van der Waals surface area (Å²) in [6.45, 7) is 0. The first-order chi connectivity index (χ1) is 13.2. The summed E-state index contributed by atoms with van der Waals surface area (Å²) in [6.07, 6.45) is 4.94. The molecule has 1 aliphatic rings. The highest BCUT2D eigenvalue weighted by Crippen LogP contribution is 2.43. The molecule has 0 unspecified atom stereocenters. The quantitative estimate of drug-likeness (QED) is 0.788. The standard InChI is InChI=1S/C22H23NO4/c1-24-19-10-9-17-15(7-5-6-8-16(17)18(19)13-23)14-11-20(25-2)22(27-4)21(12-14)26-3/h7,9-12H,5-6,8H2,1-4H3. The van der Waals surface area contributed by atoms with Gasteiger partial charge in [-0.1, -0.05) is 12.1 Å². The molecule has 0 aromatic heterocycles. The van der Waals surface area contributed by atoms with E-state index in [1.807, 2.05) is 24.3 Å². The third-order valence-corrected chi connectivity index (χ3v) is 4.85. The molecular formula is C22H23NO4. The van der Waals surface area contributed by atoms with Gasteiger partial charge in [0.15, 0.2) is 11.5 Å². The van der Waals surface area contributed by atoms with E-state index in [0.717, 1.165) is 41.5 Å². The summed E-state index contributed by atoms with van der Waals surface area (Å²) < 4.78 is 21.8. The van der Waals surface area contributed by atoms with Crippen molar-refractivity contribution in [2.24, 2.45) is 0 Å². The number of methoxy groups -OCH3 is 4. The van der Waals surface area contributed by atoms with Crippen molar-refractivity contribution in [2.75, 3.05) is 28.4 Å². The lowest BCUT2D eigenvalue weighted by Crippen LogP contribution is -2.01. The highest BCUT2D eigenvalue weighted by Gasteiger charge is 2.22. The Morgan fingerprint density at radius 1 is 0.889 bits per heavy atom. The van der Waals surface area contributed by atoms with E-state index in [0.29, 0.717) is 28.6 Å².